The summed E-state index contributed by atoms with van der Waals surface area (Å²) in [6, 6.07) is 0. The zero-order chi connectivity index (χ0) is 14.3. The summed E-state index contributed by atoms with van der Waals surface area (Å²) in [7, 11) is 2.32. The Morgan fingerprint density at radius 2 is 1.68 bits per heavy atom. The van der Waals surface area contributed by atoms with Crippen molar-refractivity contribution in [1.29, 1.82) is 0 Å². The van der Waals surface area contributed by atoms with E-state index < -0.39 is 9.76 Å². The Morgan fingerprint density at radius 1 is 1.05 bits per heavy atom. The zero-order valence-corrected chi connectivity index (χ0v) is 14.4. The Kier molecular flexibility index (Phi) is 13.5. The van der Waals surface area contributed by atoms with Crippen molar-refractivity contribution in [3.05, 3.63) is 12.0 Å². The Balaban J connectivity index is 3.55. The number of ether oxygens (including phenoxy) is 3. The number of allylic oxidation sites excluding steroid dienone is 1. The number of hydrogen-bond acceptors (Lipinski definition) is 4. The van der Waals surface area contributed by atoms with Crippen molar-refractivity contribution < 1.29 is 18.6 Å². The molecule has 0 aliphatic carbocycles. The third-order valence-electron chi connectivity index (χ3n) is 2.87. The molecule has 4 nitrogen and oxygen atoms in total. The summed E-state index contributed by atoms with van der Waals surface area (Å²) in [5.74, 6) is 0.395. The largest absolute Gasteiger partial charge is 0.519 e. The van der Waals surface area contributed by atoms with Crippen molar-refractivity contribution >= 4 is 9.76 Å². The van der Waals surface area contributed by atoms with Gasteiger partial charge in [0.2, 0.25) is 0 Å². The van der Waals surface area contributed by atoms with Crippen molar-refractivity contribution in [2.24, 2.45) is 0 Å². The van der Waals surface area contributed by atoms with Gasteiger partial charge in [-0.2, -0.15) is 0 Å². The lowest BCUT2D eigenvalue weighted by molar-refractivity contribution is -0.0544. The minimum Gasteiger partial charge on any atom is -0.519 e. The molecule has 0 heterocycles. The van der Waals surface area contributed by atoms with Crippen LogP contribution in [0, 0.1) is 0 Å². The monoisotopic (exact) mass is 290 g/mol. The number of rotatable bonds is 13. The van der Waals surface area contributed by atoms with Crippen molar-refractivity contribution in [2.45, 2.75) is 58.3 Å². The Labute approximate surface area is 120 Å². The van der Waals surface area contributed by atoms with Crippen LogP contribution in [0.3, 0.4) is 0 Å². The number of unbranched alkanes of at least 4 members (excludes halogenated alkanes) is 5. The van der Waals surface area contributed by atoms with E-state index in [1.165, 1.54) is 32.1 Å². The average molecular weight is 290 g/mol. The van der Waals surface area contributed by atoms with E-state index in [1.54, 1.807) is 14.2 Å². The van der Waals surface area contributed by atoms with E-state index in [9.17, 15) is 0 Å². The first-order chi connectivity index (χ1) is 9.28. The first kappa shape index (κ1) is 18.5. The number of methoxy groups -OCH3 is 2. The molecule has 19 heavy (non-hydrogen) atoms. The van der Waals surface area contributed by atoms with E-state index in [1.807, 2.05) is 13.0 Å². The maximum absolute atomic E-state index is 5.61. The topological polar surface area (TPSA) is 36.9 Å². The highest BCUT2D eigenvalue weighted by Crippen LogP contribution is 2.07. The molecule has 0 aromatic carbocycles. The van der Waals surface area contributed by atoms with Gasteiger partial charge in [0.25, 0.3) is 15.7 Å². The van der Waals surface area contributed by atoms with Crippen LogP contribution in [-0.4, -0.2) is 36.5 Å². The maximum Gasteiger partial charge on any atom is 0.282 e. The highest BCUT2D eigenvalue weighted by Gasteiger charge is 2.09. The normalized spacial score (nSPS) is 12.6. The van der Waals surface area contributed by atoms with E-state index in [-0.39, 0.29) is 5.91 Å². The van der Waals surface area contributed by atoms with Gasteiger partial charge < -0.3 is 18.6 Å². The lowest BCUT2D eigenvalue weighted by Gasteiger charge is -2.16. The second-order valence-corrected chi connectivity index (χ2v) is 5.72. The first-order valence-corrected chi connectivity index (χ1v) is 8.65. The average Bonchev–Trinajstić information content (AvgIpc) is 2.45. The molecule has 0 saturated carbocycles. The molecule has 114 valence electrons. The van der Waals surface area contributed by atoms with Gasteiger partial charge in [0.15, 0.2) is 5.91 Å². The summed E-state index contributed by atoms with van der Waals surface area (Å²) in [6.45, 7) is 4.88. The standard InChI is InChI=1S/C14H30O4Si/c1-5-7-8-9-10-11-12-17-13(6-2)18-19-14(15-3)16-4/h6,14H,5,7-12,19H2,1-4H3. The van der Waals surface area contributed by atoms with Gasteiger partial charge in [0.05, 0.1) is 6.61 Å². The molecule has 5 heteroatoms. The van der Waals surface area contributed by atoms with Crippen LogP contribution in [0.1, 0.15) is 52.4 Å². The molecule has 0 bridgehead atoms. The predicted molar refractivity (Wildman–Crippen MR) is 80.5 cm³/mol. The van der Waals surface area contributed by atoms with Crippen molar-refractivity contribution in [1.82, 2.24) is 0 Å². The Bertz CT molecular complexity index is 217. The summed E-state index contributed by atoms with van der Waals surface area (Å²) in [5, 5.41) is 0. The quantitative estimate of drug-likeness (QED) is 0.226. The van der Waals surface area contributed by atoms with E-state index in [0.29, 0.717) is 5.95 Å². The molecule has 0 rings (SSSR count). The lowest BCUT2D eigenvalue weighted by atomic mass is 10.1. The Morgan fingerprint density at radius 3 is 2.26 bits per heavy atom. The van der Waals surface area contributed by atoms with Gasteiger partial charge in [0.1, 0.15) is 0 Å². The molecule has 0 saturated heterocycles. The summed E-state index contributed by atoms with van der Waals surface area (Å²) in [5.41, 5.74) is 0. The van der Waals surface area contributed by atoms with Gasteiger partial charge in [-0.05, 0) is 19.4 Å². The first-order valence-electron chi connectivity index (χ1n) is 7.25. The van der Waals surface area contributed by atoms with Gasteiger partial charge in [-0.3, -0.25) is 0 Å². The van der Waals surface area contributed by atoms with Gasteiger partial charge in [0, 0.05) is 14.2 Å². The van der Waals surface area contributed by atoms with Crippen LogP contribution in [-0.2, 0) is 18.6 Å². The van der Waals surface area contributed by atoms with Gasteiger partial charge in [-0.15, -0.1) is 0 Å². The third-order valence-corrected chi connectivity index (χ3v) is 4.26. The highest BCUT2D eigenvalue weighted by molar-refractivity contribution is 6.28. The van der Waals surface area contributed by atoms with Crippen LogP contribution >= 0.6 is 0 Å². The molecule has 0 aromatic heterocycles. The second-order valence-electron chi connectivity index (χ2n) is 4.44. The van der Waals surface area contributed by atoms with E-state index in [0.717, 1.165) is 13.0 Å². The molecular formula is C14H30O4Si. The maximum atomic E-state index is 5.61. The molecule has 0 aromatic rings. The lowest BCUT2D eigenvalue weighted by Crippen LogP contribution is -2.24. The minimum absolute atomic E-state index is 0.215. The van der Waals surface area contributed by atoms with Crippen LogP contribution in [0.4, 0.5) is 0 Å². The van der Waals surface area contributed by atoms with Crippen molar-refractivity contribution in [2.75, 3.05) is 20.8 Å². The molecule has 0 spiro atoms. The van der Waals surface area contributed by atoms with Crippen LogP contribution in [0.15, 0.2) is 12.0 Å². The number of hydrogen-bond donors (Lipinski definition) is 0. The fraction of sp³-hybridized carbons (Fsp3) is 0.857. The summed E-state index contributed by atoms with van der Waals surface area (Å²) in [6.07, 6.45) is 9.43. The van der Waals surface area contributed by atoms with E-state index in [4.69, 9.17) is 18.6 Å². The second kappa shape index (κ2) is 13.9. The molecule has 0 aliphatic heterocycles. The van der Waals surface area contributed by atoms with Crippen molar-refractivity contribution in [3.8, 4) is 0 Å². The Hall–Kier alpha value is -0.523. The van der Waals surface area contributed by atoms with E-state index >= 15 is 0 Å². The smallest absolute Gasteiger partial charge is 0.282 e. The summed E-state index contributed by atoms with van der Waals surface area (Å²) in [4.78, 5) is 0. The fourth-order valence-corrected chi connectivity index (χ4v) is 2.47. The molecule has 0 unspecified atom stereocenters. The fourth-order valence-electron chi connectivity index (χ4n) is 1.65. The minimum atomic E-state index is -0.922. The van der Waals surface area contributed by atoms with Crippen LogP contribution in [0.2, 0.25) is 0 Å². The zero-order valence-electron chi connectivity index (χ0n) is 12.9. The van der Waals surface area contributed by atoms with Crippen LogP contribution in [0.25, 0.3) is 0 Å². The molecule has 0 aliphatic rings. The molecule has 0 N–H and O–H groups in total. The third kappa shape index (κ3) is 11.0. The highest BCUT2D eigenvalue weighted by atomic mass is 28.2. The van der Waals surface area contributed by atoms with Crippen molar-refractivity contribution in [3.63, 3.8) is 0 Å². The van der Waals surface area contributed by atoms with Gasteiger partial charge in [-0.25, -0.2) is 0 Å². The van der Waals surface area contributed by atoms with E-state index in [2.05, 4.69) is 6.92 Å². The summed E-state index contributed by atoms with van der Waals surface area (Å²) >= 11 is 0. The van der Waals surface area contributed by atoms with Gasteiger partial charge in [-0.1, -0.05) is 39.0 Å². The van der Waals surface area contributed by atoms with Crippen LogP contribution < -0.4 is 0 Å². The summed E-state index contributed by atoms with van der Waals surface area (Å²) < 4.78 is 21.4. The molecule has 0 radical (unpaired) electrons. The molecular weight excluding hydrogens is 260 g/mol. The molecule has 0 atom stereocenters. The molecule has 0 fully saturated rings. The predicted octanol–water partition coefficient (Wildman–Crippen LogP) is 2.90. The molecule has 0 amide bonds. The van der Waals surface area contributed by atoms with Gasteiger partial charge >= 0.3 is 0 Å². The SMILES string of the molecule is CC=C(OCCCCCCCC)O[SiH2]C(OC)OC. The van der Waals surface area contributed by atoms with Crippen LogP contribution in [0.5, 0.6) is 0 Å².